The van der Waals surface area contributed by atoms with Gasteiger partial charge in [-0.25, -0.2) is 4.68 Å². The molecule has 0 spiro atoms. The Morgan fingerprint density at radius 1 is 1.26 bits per heavy atom. The largest absolute Gasteiger partial charge is 0.334 e. The molecule has 7 heteroatoms. The van der Waals surface area contributed by atoms with Gasteiger partial charge in [0.1, 0.15) is 0 Å². The van der Waals surface area contributed by atoms with E-state index in [1.54, 1.807) is 0 Å². The Morgan fingerprint density at radius 2 is 1.96 bits per heavy atom. The van der Waals surface area contributed by atoms with E-state index in [1.165, 1.54) is 0 Å². The van der Waals surface area contributed by atoms with Crippen LogP contribution in [-0.4, -0.2) is 51.5 Å². The van der Waals surface area contributed by atoms with Crippen LogP contribution in [0.2, 0.25) is 0 Å². The lowest BCUT2D eigenvalue weighted by molar-refractivity contribution is 0.0694. The van der Waals surface area contributed by atoms with Gasteiger partial charge in [-0.1, -0.05) is 19.1 Å². The molecule has 2 aliphatic rings. The Kier molecular flexibility index (Phi) is 6.03. The average Bonchev–Trinajstić information content (AvgIpc) is 3.14. The van der Waals surface area contributed by atoms with Crippen molar-refractivity contribution in [3.63, 3.8) is 0 Å². The number of carbonyl (C=O) groups excluding carboxylic acids is 1. The monoisotopic (exact) mass is 341 g/mol. The van der Waals surface area contributed by atoms with Gasteiger partial charge in [-0.05, 0) is 51.6 Å². The molecule has 0 radical (unpaired) electrons. The fourth-order valence-electron chi connectivity index (χ4n) is 3.81. The van der Waals surface area contributed by atoms with Crippen LogP contribution in [-0.2, 0) is 0 Å². The molecule has 1 aromatic rings. The number of amides is 1. The third-order valence-corrected chi connectivity index (χ3v) is 5.11. The van der Waals surface area contributed by atoms with E-state index in [-0.39, 0.29) is 18.3 Å². The minimum absolute atomic E-state index is 0. The summed E-state index contributed by atoms with van der Waals surface area (Å²) in [6, 6.07) is 0.714. The van der Waals surface area contributed by atoms with Crippen LogP contribution in [0, 0.1) is 12.8 Å². The summed E-state index contributed by atoms with van der Waals surface area (Å²) in [5, 5.41) is 11.9. The maximum Gasteiger partial charge on any atom is 0.276 e. The van der Waals surface area contributed by atoms with Crippen LogP contribution in [0.4, 0.5) is 0 Å². The SMILES string of the molecule is Cc1c(C(=O)N2CCCC2C(C)C)nnn1C1CCNCC1.Cl. The molecule has 0 bridgehead atoms. The molecule has 1 atom stereocenters. The number of rotatable bonds is 3. The highest BCUT2D eigenvalue weighted by molar-refractivity contribution is 5.93. The second-order valence-corrected chi connectivity index (χ2v) is 6.90. The number of nitrogens with zero attached hydrogens (tertiary/aromatic N) is 4. The summed E-state index contributed by atoms with van der Waals surface area (Å²) >= 11 is 0. The average molecular weight is 342 g/mol. The van der Waals surface area contributed by atoms with E-state index in [0.29, 0.717) is 23.7 Å². The highest BCUT2D eigenvalue weighted by Crippen LogP contribution is 2.27. The molecule has 2 fully saturated rings. The smallest absolute Gasteiger partial charge is 0.276 e. The Labute approximate surface area is 144 Å². The number of aromatic nitrogens is 3. The fourth-order valence-corrected chi connectivity index (χ4v) is 3.81. The molecule has 23 heavy (non-hydrogen) atoms. The summed E-state index contributed by atoms with van der Waals surface area (Å²) in [4.78, 5) is 14.9. The van der Waals surface area contributed by atoms with Crippen LogP contribution >= 0.6 is 12.4 Å². The van der Waals surface area contributed by atoms with Crippen LogP contribution in [0.1, 0.15) is 61.8 Å². The van der Waals surface area contributed by atoms with E-state index in [9.17, 15) is 4.79 Å². The Bertz CT molecular complexity index is 539. The van der Waals surface area contributed by atoms with Gasteiger partial charge in [0.25, 0.3) is 5.91 Å². The number of hydrogen-bond acceptors (Lipinski definition) is 4. The van der Waals surface area contributed by atoms with E-state index < -0.39 is 0 Å². The Balaban J connectivity index is 0.00000192. The van der Waals surface area contributed by atoms with Gasteiger partial charge in [0.15, 0.2) is 5.69 Å². The maximum absolute atomic E-state index is 12.9. The van der Waals surface area contributed by atoms with Crippen LogP contribution in [0.3, 0.4) is 0 Å². The van der Waals surface area contributed by atoms with Crippen molar-refractivity contribution >= 4 is 18.3 Å². The zero-order valence-corrected chi connectivity index (χ0v) is 15.1. The molecule has 0 aliphatic carbocycles. The standard InChI is InChI=1S/C16H27N5O.ClH/c1-11(2)14-5-4-10-20(14)16(22)15-12(3)21(19-18-15)13-6-8-17-9-7-13;/h11,13-14,17H,4-10H2,1-3H3;1H. The van der Waals surface area contributed by atoms with Crippen molar-refractivity contribution in [3.8, 4) is 0 Å². The highest BCUT2D eigenvalue weighted by atomic mass is 35.5. The van der Waals surface area contributed by atoms with Gasteiger partial charge in [-0.2, -0.15) is 0 Å². The molecular formula is C16H28ClN5O. The lowest BCUT2D eigenvalue weighted by atomic mass is 10.0. The normalized spacial score (nSPS) is 22.4. The van der Waals surface area contributed by atoms with Crippen LogP contribution in [0.15, 0.2) is 0 Å². The van der Waals surface area contributed by atoms with E-state index in [0.717, 1.165) is 51.0 Å². The fraction of sp³-hybridized carbons (Fsp3) is 0.812. The molecule has 1 N–H and O–H groups in total. The first-order valence-electron chi connectivity index (χ1n) is 8.53. The maximum atomic E-state index is 12.9. The van der Waals surface area contributed by atoms with E-state index in [2.05, 4.69) is 29.5 Å². The van der Waals surface area contributed by atoms with Crippen molar-refractivity contribution in [1.82, 2.24) is 25.2 Å². The molecule has 0 aromatic carbocycles. The van der Waals surface area contributed by atoms with Crippen LogP contribution < -0.4 is 5.32 Å². The summed E-state index contributed by atoms with van der Waals surface area (Å²) in [6.07, 6.45) is 4.30. The zero-order chi connectivity index (χ0) is 15.7. The number of piperidine rings is 1. The van der Waals surface area contributed by atoms with Gasteiger partial charge in [-0.3, -0.25) is 4.79 Å². The number of likely N-dealkylation sites (tertiary alicyclic amines) is 1. The van der Waals surface area contributed by atoms with Gasteiger partial charge < -0.3 is 10.2 Å². The molecule has 1 amide bonds. The first kappa shape index (κ1) is 18.2. The lowest BCUT2D eigenvalue weighted by Crippen LogP contribution is -2.39. The molecular weight excluding hydrogens is 314 g/mol. The van der Waals surface area contributed by atoms with E-state index in [1.807, 2.05) is 16.5 Å². The van der Waals surface area contributed by atoms with Gasteiger partial charge in [0.2, 0.25) is 0 Å². The second-order valence-electron chi connectivity index (χ2n) is 6.90. The lowest BCUT2D eigenvalue weighted by Gasteiger charge is -2.27. The third-order valence-electron chi connectivity index (χ3n) is 5.11. The summed E-state index contributed by atoms with van der Waals surface area (Å²) in [5.41, 5.74) is 1.47. The molecule has 2 saturated heterocycles. The molecule has 0 saturated carbocycles. The van der Waals surface area contributed by atoms with Gasteiger partial charge >= 0.3 is 0 Å². The third kappa shape index (κ3) is 3.53. The minimum atomic E-state index is 0. The number of carbonyl (C=O) groups is 1. The van der Waals surface area contributed by atoms with Crippen molar-refractivity contribution in [3.05, 3.63) is 11.4 Å². The number of hydrogen-bond donors (Lipinski definition) is 1. The number of nitrogens with one attached hydrogen (secondary N) is 1. The summed E-state index contributed by atoms with van der Waals surface area (Å²) in [7, 11) is 0. The molecule has 130 valence electrons. The zero-order valence-electron chi connectivity index (χ0n) is 14.3. The topological polar surface area (TPSA) is 63.1 Å². The van der Waals surface area contributed by atoms with Crippen LogP contribution in [0.25, 0.3) is 0 Å². The predicted molar refractivity (Wildman–Crippen MR) is 92.0 cm³/mol. The molecule has 3 heterocycles. The molecule has 3 rings (SSSR count). The summed E-state index contributed by atoms with van der Waals surface area (Å²) in [5.74, 6) is 0.556. The second kappa shape index (κ2) is 7.62. The summed E-state index contributed by atoms with van der Waals surface area (Å²) < 4.78 is 1.97. The van der Waals surface area contributed by atoms with Crippen molar-refractivity contribution in [2.24, 2.45) is 5.92 Å². The summed E-state index contributed by atoms with van der Waals surface area (Å²) in [6.45, 7) is 9.23. The Hall–Kier alpha value is -1.14. The Morgan fingerprint density at radius 3 is 2.61 bits per heavy atom. The van der Waals surface area contributed by atoms with Crippen molar-refractivity contribution < 1.29 is 4.79 Å². The van der Waals surface area contributed by atoms with E-state index in [4.69, 9.17) is 0 Å². The molecule has 1 aromatic heterocycles. The minimum Gasteiger partial charge on any atom is -0.334 e. The first-order valence-corrected chi connectivity index (χ1v) is 8.53. The van der Waals surface area contributed by atoms with Gasteiger partial charge in [-0.15, -0.1) is 17.5 Å². The molecule has 1 unspecified atom stereocenters. The van der Waals surface area contributed by atoms with Crippen LogP contribution in [0.5, 0.6) is 0 Å². The molecule has 2 aliphatic heterocycles. The number of halogens is 1. The quantitative estimate of drug-likeness (QED) is 0.915. The molecule has 6 nitrogen and oxygen atoms in total. The van der Waals surface area contributed by atoms with E-state index >= 15 is 0 Å². The van der Waals surface area contributed by atoms with Gasteiger partial charge in [0, 0.05) is 12.6 Å². The van der Waals surface area contributed by atoms with Crippen molar-refractivity contribution in [2.75, 3.05) is 19.6 Å². The first-order chi connectivity index (χ1) is 10.6. The highest BCUT2D eigenvalue weighted by Gasteiger charge is 2.34. The van der Waals surface area contributed by atoms with Gasteiger partial charge in [0.05, 0.1) is 11.7 Å². The van der Waals surface area contributed by atoms with Crippen molar-refractivity contribution in [1.29, 1.82) is 0 Å². The predicted octanol–water partition coefficient (Wildman–Crippen LogP) is 2.19. The van der Waals surface area contributed by atoms with Crippen molar-refractivity contribution in [2.45, 2.75) is 58.5 Å².